The smallest absolute Gasteiger partial charge is 0.188 e. The lowest BCUT2D eigenvalue weighted by Crippen LogP contribution is -2.21. The quantitative estimate of drug-likeness (QED) is 0.658. The highest BCUT2D eigenvalue weighted by atomic mass is 16.7. The third-order valence-corrected chi connectivity index (χ3v) is 4.41. The molecule has 126 valence electrons. The van der Waals surface area contributed by atoms with E-state index in [0.29, 0.717) is 17.1 Å². The summed E-state index contributed by atoms with van der Waals surface area (Å²) in [4.78, 5) is 12.6. The molecule has 3 aromatic rings. The Balaban J connectivity index is 1.84. The number of rotatable bonds is 4. The minimum atomic E-state index is -0.389. The van der Waals surface area contributed by atoms with Crippen molar-refractivity contribution in [3.05, 3.63) is 71.8 Å². The van der Waals surface area contributed by atoms with Crippen molar-refractivity contribution >= 4 is 16.6 Å². The third-order valence-electron chi connectivity index (χ3n) is 4.41. The van der Waals surface area contributed by atoms with Crippen LogP contribution in [0.4, 0.5) is 0 Å². The molecule has 0 N–H and O–H groups in total. The first-order valence-electron chi connectivity index (χ1n) is 8.20. The molecule has 4 nitrogen and oxygen atoms in total. The van der Waals surface area contributed by atoms with E-state index in [4.69, 9.17) is 14.2 Å². The molecule has 0 amide bonds. The first-order chi connectivity index (χ1) is 12.3. The van der Waals surface area contributed by atoms with Crippen molar-refractivity contribution in [2.45, 2.75) is 12.5 Å². The van der Waals surface area contributed by atoms with Gasteiger partial charge in [0.15, 0.2) is 12.6 Å². The van der Waals surface area contributed by atoms with Crippen LogP contribution in [-0.4, -0.2) is 19.7 Å². The molecule has 0 saturated carbocycles. The van der Waals surface area contributed by atoms with Crippen LogP contribution in [-0.2, 0) is 4.74 Å². The molecule has 25 heavy (non-hydrogen) atoms. The van der Waals surface area contributed by atoms with Crippen LogP contribution in [0.15, 0.2) is 60.7 Å². The van der Waals surface area contributed by atoms with E-state index in [9.17, 15) is 4.79 Å². The highest BCUT2D eigenvalue weighted by molar-refractivity contribution is 6.00. The van der Waals surface area contributed by atoms with Gasteiger partial charge in [0.25, 0.3) is 0 Å². The lowest BCUT2D eigenvalue weighted by atomic mass is 9.92. The van der Waals surface area contributed by atoms with Gasteiger partial charge in [0.1, 0.15) is 17.6 Å². The van der Waals surface area contributed by atoms with Crippen LogP contribution < -0.4 is 9.47 Å². The van der Waals surface area contributed by atoms with Crippen LogP contribution in [0.1, 0.15) is 28.4 Å². The molecule has 0 aromatic heterocycles. The molecule has 1 unspecified atom stereocenters. The molecule has 4 rings (SSSR count). The summed E-state index contributed by atoms with van der Waals surface area (Å²) in [7, 11) is 1.58. The molecule has 0 fully saturated rings. The Morgan fingerprint density at radius 2 is 1.84 bits per heavy atom. The first kappa shape index (κ1) is 15.7. The van der Waals surface area contributed by atoms with E-state index in [-0.39, 0.29) is 25.1 Å². The first-order valence-corrected chi connectivity index (χ1v) is 8.20. The fraction of sp³-hybridized carbons (Fsp3) is 0.190. The molecule has 1 aliphatic heterocycles. The van der Waals surface area contributed by atoms with Crippen LogP contribution in [0.5, 0.6) is 11.5 Å². The van der Waals surface area contributed by atoms with Crippen LogP contribution in [0.25, 0.3) is 10.8 Å². The molecule has 3 aromatic carbocycles. The molecule has 1 aliphatic rings. The molecule has 0 bridgehead atoms. The Hall–Kier alpha value is -2.85. The van der Waals surface area contributed by atoms with Crippen LogP contribution in [0.2, 0.25) is 0 Å². The summed E-state index contributed by atoms with van der Waals surface area (Å²) in [5.74, 6) is 1.38. The Kier molecular flexibility index (Phi) is 4.12. The molecule has 4 heteroatoms. The van der Waals surface area contributed by atoms with Crippen LogP contribution in [0, 0.1) is 0 Å². The summed E-state index contributed by atoms with van der Waals surface area (Å²) in [6.07, 6.45) is -0.102. The molecule has 0 saturated heterocycles. The molecule has 0 spiro atoms. The SMILES string of the molecule is COCOc1ccc2ccccc2c1C1CC(=O)c2ccccc2O1. The van der Waals surface area contributed by atoms with Crippen molar-refractivity contribution in [1.82, 2.24) is 0 Å². The highest BCUT2D eigenvalue weighted by Crippen LogP contribution is 2.41. The van der Waals surface area contributed by atoms with Gasteiger partial charge in [-0.15, -0.1) is 0 Å². The second-order valence-electron chi connectivity index (χ2n) is 5.98. The number of para-hydroxylation sites is 1. The van der Waals surface area contributed by atoms with Gasteiger partial charge in [0, 0.05) is 12.7 Å². The maximum absolute atomic E-state index is 12.6. The van der Waals surface area contributed by atoms with E-state index in [0.717, 1.165) is 16.3 Å². The summed E-state index contributed by atoms with van der Waals surface area (Å²) in [5, 5.41) is 2.10. The lowest BCUT2D eigenvalue weighted by Gasteiger charge is -2.27. The second-order valence-corrected chi connectivity index (χ2v) is 5.98. The maximum Gasteiger partial charge on any atom is 0.188 e. The normalized spacial score (nSPS) is 16.4. The molecule has 0 radical (unpaired) electrons. The number of benzene rings is 3. The minimum absolute atomic E-state index is 0.0810. The zero-order valence-corrected chi connectivity index (χ0v) is 13.9. The fourth-order valence-corrected chi connectivity index (χ4v) is 3.29. The number of ketones is 1. The second kappa shape index (κ2) is 6.57. The van der Waals surface area contributed by atoms with Gasteiger partial charge >= 0.3 is 0 Å². The average molecular weight is 334 g/mol. The molecular formula is C21H18O4. The van der Waals surface area contributed by atoms with E-state index >= 15 is 0 Å². The average Bonchev–Trinajstić information content (AvgIpc) is 2.65. The molecule has 1 atom stereocenters. The zero-order valence-electron chi connectivity index (χ0n) is 13.9. The topological polar surface area (TPSA) is 44.8 Å². The van der Waals surface area contributed by atoms with Gasteiger partial charge in [-0.05, 0) is 29.0 Å². The Morgan fingerprint density at radius 1 is 1.04 bits per heavy atom. The molecule has 1 heterocycles. The van der Waals surface area contributed by atoms with E-state index in [1.54, 1.807) is 13.2 Å². The Morgan fingerprint density at radius 3 is 2.72 bits per heavy atom. The van der Waals surface area contributed by atoms with Crippen molar-refractivity contribution < 1.29 is 19.0 Å². The number of hydrogen-bond donors (Lipinski definition) is 0. The van der Waals surface area contributed by atoms with E-state index in [1.807, 2.05) is 54.6 Å². The summed E-state index contributed by atoms with van der Waals surface area (Å²) in [5.41, 5.74) is 1.52. The molecule has 0 aliphatic carbocycles. The van der Waals surface area contributed by atoms with E-state index in [2.05, 4.69) is 0 Å². The summed E-state index contributed by atoms with van der Waals surface area (Å²) < 4.78 is 17.0. The highest BCUT2D eigenvalue weighted by Gasteiger charge is 2.30. The number of ether oxygens (including phenoxy) is 3. The van der Waals surface area contributed by atoms with Gasteiger partial charge in [0.05, 0.1) is 12.0 Å². The standard InChI is InChI=1S/C21H18O4/c1-23-13-24-19-11-10-14-6-2-3-7-15(14)21(19)20-12-17(22)16-8-4-5-9-18(16)25-20/h2-11,20H,12-13H2,1H3. The number of methoxy groups -OCH3 is 1. The van der Waals surface area contributed by atoms with Gasteiger partial charge < -0.3 is 14.2 Å². The van der Waals surface area contributed by atoms with Gasteiger partial charge in [0.2, 0.25) is 0 Å². The predicted octanol–water partition coefficient (Wildman–Crippen LogP) is 4.53. The fourth-order valence-electron chi connectivity index (χ4n) is 3.29. The van der Waals surface area contributed by atoms with Gasteiger partial charge in [-0.1, -0.05) is 42.5 Å². The summed E-state index contributed by atoms with van der Waals surface area (Å²) in [6, 6.07) is 19.3. The van der Waals surface area contributed by atoms with Gasteiger partial charge in [-0.2, -0.15) is 0 Å². The Bertz CT molecular complexity index is 932. The lowest BCUT2D eigenvalue weighted by molar-refractivity contribution is 0.0481. The van der Waals surface area contributed by atoms with Crippen molar-refractivity contribution in [3.63, 3.8) is 0 Å². The van der Waals surface area contributed by atoms with Crippen LogP contribution in [0.3, 0.4) is 0 Å². The van der Waals surface area contributed by atoms with Crippen molar-refractivity contribution in [1.29, 1.82) is 0 Å². The minimum Gasteiger partial charge on any atom is -0.484 e. The maximum atomic E-state index is 12.6. The number of fused-ring (bicyclic) bond motifs is 2. The number of carbonyl (C=O) groups excluding carboxylic acids is 1. The van der Waals surface area contributed by atoms with E-state index < -0.39 is 0 Å². The number of hydrogen-bond acceptors (Lipinski definition) is 4. The van der Waals surface area contributed by atoms with Crippen molar-refractivity contribution in [3.8, 4) is 11.5 Å². The zero-order chi connectivity index (χ0) is 17.2. The predicted molar refractivity (Wildman–Crippen MR) is 95.2 cm³/mol. The largest absolute Gasteiger partial charge is 0.484 e. The van der Waals surface area contributed by atoms with Gasteiger partial charge in [-0.25, -0.2) is 0 Å². The monoisotopic (exact) mass is 334 g/mol. The Labute approximate surface area is 145 Å². The van der Waals surface area contributed by atoms with Crippen LogP contribution >= 0.6 is 0 Å². The van der Waals surface area contributed by atoms with E-state index in [1.165, 1.54) is 0 Å². The number of carbonyl (C=O) groups is 1. The molecular weight excluding hydrogens is 316 g/mol. The third kappa shape index (κ3) is 2.85. The van der Waals surface area contributed by atoms with Crippen molar-refractivity contribution in [2.24, 2.45) is 0 Å². The summed E-state index contributed by atoms with van der Waals surface area (Å²) >= 11 is 0. The summed E-state index contributed by atoms with van der Waals surface area (Å²) in [6.45, 7) is 0.141. The number of Topliss-reactive ketones (excluding diaryl/α,β-unsaturated/α-hetero) is 1. The van der Waals surface area contributed by atoms with Crippen molar-refractivity contribution in [2.75, 3.05) is 13.9 Å². The van der Waals surface area contributed by atoms with Gasteiger partial charge in [-0.3, -0.25) is 4.79 Å².